The van der Waals surface area contributed by atoms with Crippen molar-refractivity contribution in [3.05, 3.63) is 40.7 Å². The highest BCUT2D eigenvalue weighted by Crippen LogP contribution is 2.42. The summed E-state index contributed by atoms with van der Waals surface area (Å²) in [7, 11) is 0. The lowest BCUT2D eigenvalue weighted by Gasteiger charge is -1.99. The Morgan fingerprint density at radius 1 is 1.32 bits per heavy atom. The van der Waals surface area contributed by atoms with Crippen molar-refractivity contribution >= 4 is 17.2 Å². The maximum Gasteiger partial charge on any atom is 0.129 e. The van der Waals surface area contributed by atoms with Gasteiger partial charge in [0.2, 0.25) is 0 Å². The minimum Gasteiger partial charge on any atom is -0.383 e. The van der Waals surface area contributed by atoms with Crippen LogP contribution in [0.15, 0.2) is 24.4 Å². The number of halogens is 1. The van der Waals surface area contributed by atoms with Gasteiger partial charge in [-0.05, 0) is 23.8 Å². The first-order valence-corrected chi connectivity index (χ1v) is 6.62. The Hall–Kier alpha value is -2.21. The average Bonchev–Trinajstić information content (AvgIpc) is 3.01. The molecule has 1 aliphatic carbocycles. The zero-order valence-electron chi connectivity index (χ0n) is 9.77. The summed E-state index contributed by atoms with van der Waals surface area (Å²) in [5.74, 6) is 0.319. The van der Waals surface area contributed by atoms with Gasteiger partial charge in [0.25, 0.3) is 0 Å². The van der Waals surface area contributed by atoms with Crippen LogP contribution in [-0.2, 0) is 6.42 Å². The molecule has 1 aliphatic rings. The monoisotopic (exact) mass is 272 g/mol. The third kappa shape index (κ3) is 1.50. The third-order valence-electron chi connectivity index (χ3n) is 3.27. The summed E-state index contributed by atoms with van der Waals surface area (Å²) in [6, 6.07) is 4.84. The van der Waals surface area contributed by atoms with Crippen molar-refractivity contribution in [2.75, 3.05) is 5.73 Å². The number of rotatable bonds is 1. The highest BCUT2D eigenvalue weighted by Gasteiger charge is 2.24. The van der Waals surface area contributed by atoms with Gasteiger partial charge in [0.15, 0.2) is 0 Å². The molecular formula is C13H9FN4S. The molecule has 1 aromatic carbocycles. The fraction of sp³-hybridized carbons (Fsp3) is 0.0769. The van der Waals surface area contributed by atoms with Crippen LogP contribution in [-0.4, -0.2) is 15.2 Å². The highest BCUT2D eigenvalue weighted by atomic mass is 32.1. The van der Waals surface area contributed by atoms with E-state index in [0.29, 0.717) is 5.82 Å². The van der Waals surface area contributed by atoms with E-state index in [1.807, 2.05) is 0 Å². The van der Waals surface area contributed by atoms with Gasteiger partial charge in [-0.2, -0.15) is 5.10 Å². The molecule has 0 aliphatic heterocycles. The molecule has 0 spiro atoms. The molecule has 0 unspecified atom stereocenters. The third-order valence-corrected chi connectivity index (χ3v) is 4.36. The summed E-state index contributed by atoms with van der Waals surface area (Å²) in [5, 5.41) is 7.46. The van der Waals surface area contributed by atoms with Crippen molar-refractivity contribution in [2.45, 2.75) is 6.42 Å². The number of thiazole rings is 1. The van der Waals surface area contributed by atoms with Gasteiger partial charge in [0.1, 0.15) is 16.6 Å². The molecule has 6 heteroatoms. The molecule has 94 valence electrons. The molecule has 0 radical (unpaired) electrons. The molecule has 4 rings (SSSR count). The van der Waals surface area contributed by atoms with E-state index in [4.69, 9.17) is 5.73 Å². The van der Waals surface area contributed by atoms with Gasteiger partial charge in [0, 0.05) is 16.9 Å². The molecule has 0 atom stereocenters. The standard InChI is InChI=1S/C13H9FN4S/c14-7-1-2-8-6(3-7)4-10-11(8)17-13(19-10)9-5-16-18-12(9)15/h1-3,5H,4H2,(H3,15,16,18). The lowest BCUT2D eigenvalue weighted by molar-refractivity contribution is 0.626. The number of nitrogens with one attached hydrogen (secondary N) is 1. The Bertz CT molecular complexity index is 790. The first kappa shape index (κ1) is 10.7. The normalized spacial score (nSPS) is 12.5. The van der Waals surface area contributed by atoms with Gasteiger partial charge in [0.05, 0.1) is 17.5 Å². The van der Waals surface area contributed by atoms with Crippen LogP contribution in [0, 0.1) is 5.82 Å². The number of aromatic nitrogens is 3. The second-order valence-corrected chi connectivity index (χ2v) is 5.55. The van der Waals surface area contributed by atoms with E-state index in [1.165, 1.54) is 6.07 Å². The maximum atomic E-state index is 13.2. The van der Waals surface area contributed by atoms with Crippen molar-refractivity contribution in [3.63, 3.8) is 0 Å². The molecule has 3 aromatic rings. The van der Waals surface area contributed by atoms with Gasteiger partial charge in [-0.3, -0.25) is 5.10 Å². The first-order chi connectivity index (χ1) is 9.22. The number of benzene rings is 1. The van der Waals surface area contributed by atoms with E-state index in [9.17, 15) is 4.39 Å². The summed E-state index contributed by atoms with van der Waals surface area (Å²) >= 11 is 1.58. The minimum absolute atomic E-state index is 0.201. The van der Waals surface area contributed by atoms with E-state index in [2.05, 4.69) is 15.2 Å². The molecule has 3 N–H and O–H groups in total. The SMILES string of the molecule is Nc1[nH]ncc1-c1nc2c(s1)Cc1cc(F)ccc1-2. The Morgan fingerprint density at radius 3 is 3.00 bits per heavy atom. The molecule has 2 aromatic heterocycles. The molecule has 19 heavy (non-hydrogen) atoms. The first-order valence-electron chi connectivity index (χ1n) is 5.80. The van der Waals surface area contributed by atoms with Gasteiger partial charge in [-0.15, -0.1) is 11.3 Å². The van der Waals surface area contributed by atoms with Crippen molar-refractivity contribution in [1.82, 2.24) is 15.2 Å². The Kier molecular flexibility index (Phi) is 2.05. The van der Waals surface area contributed by atoms with E-state index < -0.39 is 0 Å². The van der Waals surface area contributed by atoms with Gasteiger partial charge < -0.3 is 5.73 Å². The van der Waals surface area contributed by atoms with Crippen LogP contribution in [0.4, 0.5) is 10.2 Å². The number of aromatic amines is 1. The maximum absolute atomic E-state index is 13.2. The van der Waals surface area contributed by atoms with Crippen LogP contribution in [0.3, 0.4) is 0 Å². The molecule has 4 nitrogen and oxygen atoms in total. The molecular weight excluding hydrogens is 263 g/mol. The number of H-pyrrole nitrogens is 1. The van der Waals surface area contributed by atoms with Crippen LogP contribution >= 0.6 is 11.3 Å². The minimum atomic E-state index is -0.201. The summed E-state index contributed by atoms with van der Waals surface area (Å²) in [6.07, 6.45) is 2.41. The Balaban J connectivity index is 1.86. The number of hydrogen-bond acceptors (Lipinski definition) is 4. The molecule has 2 heterocycles. The average molecular weight is 272 g/mol. The van der Waals surface area contributed by atoms with Crippen LogP contribution < -0.4 is 5.73 Å². The van der Waals surface area contributed by atoms with Gasteiger partial charge in [-0.1, -0.05) is 0 Å². The van der Waals surface area contributed by atoms with E-state index in [0.717, 1.165) is 38.7 Å². The molecule has 0 bridgehead atoms. The van der Waals surface area contributed by atoms with E-state index in [1.54, 1.807) is 29.7 Å². The quantitative estimate of drug-likeness (QED) is 0.560. The van der Waals surface area contributed by atoms with Crippen LogP contribution in [0.5, 0.6) is 0 Å². The number of fused-ring (bicyclic) bond motifs is 3. The van der Waals surface area contributed by atoms with E-state index >= 15 is 0 Å². The second-order valence-electron chi connectivity index (χ2n) is 4.47. The number of anilines is 1. The zero-order chi connectivity index (χ0) is 13.0. The Morgan fingerprint density at radius 2 is 2.21 bits per heavy atom. The topological polar surface area (TPSA) is 67.6 Å². The zero-order valence-corrected chi connectivity index (χ0v) is 10.6. The lowest BCUT2D eigenvalue weighted by atomic mass is 10.1. The Labute approximate surface area is 112 Å². The number of nitrogens with zero attached hydrogens (tertiary/aromatic N) is 2. The van der Waals surface area contributed by atoms with Crippen molar-refractivity contribution < 1.29 is 4.39 Å². The van der Waals surface area contributed by atoms with Gasteiger partial charge in [-0.25, -0.2) is 9.37 Å². The largest absolute Gasteiger partial charge is 0.383 e. The summed E-state index contributed by atoms with van der Waals surface area (Å²) in [4.78, 5) is 5.77. The van der Waals surface area contributed by atoms with Crippen molar-refractivity contribution in [3.8, 4) is 21.8 Å². The highest BCUT2D eigenvalue weighted by molar-refractivity contribution is 7.15. The van der Waals surface area contributed by atoms with Gasteiger partial charge >= 0.3 is 0 Å². The number of nitrogens with two attached hydrogens (primary N) is 1. The predicted octanol–water partition coefficient (Wildman–Crippen LogP) is 2.83. The second kappa shape index (κ2) is 3.64. The smallest absolute Gasteiger partial charge is 0.129 e. The van der Waals surface area contributed by atoms with Crippen molar-refractivity contribution in [1.29, 1.82) is 0 Å². The summed E-state index contributed by atoms with van der Waals surface area (Å²) in [6.45, 7) is 0. The fourth-order valence-electron chi connectivity index (χ4n) is 2.38. The molecule has 0 saturated heterocycles. The molecule has 0 saturated carbocycles. The number of hydrogen-bond donors (Lipinski definition) is 2. The molecule has 0 fully saturated rings. The lowest BCUT2D eigenvalue weighted by Crippen LogP contribution is -1.88. The van der Waals surface area contributed by atoms with Crippen LogP contribution in [0.25, 0.3) is 21.8 Å². The van der Waals surface area contributed by atoms with Crippen LogP contribution in [0.2, 0.25) is 0 Å². The molecule has 0 amide bonds. The van der Waals surface area contributed by atoms with E-state index in [-0.39, 0.29) is 5.82 Å². The summed E-state index contributed by atoms with van der Waals surface area (Å²) < 4.78 is 13.2. The van der Waals surface area contributed by atoms with Crippen molar-refractivity contribution in [2.24, 2.45) is 0 Å². The fourth-order valence-corrected chi connectivity index (χ4v) is 3.50. The number of nitrogen functional groups attached to an aromatic ring is 1. The van der Waals surface area contributed by atoms with Crippen LogP contribution in [0.1, 0.15) is 10.4 Å². The summed E-state index contributed by atoms with van der Waals surface area (Å²) in [5.41, 5.74) is 9.58. The predicted molar refractivity (Wildman–Crippen MR) is 72.3 cm³/mol.